The maximum Gasteiger partial charge on any atom is 0.0937 e. The van der Waals surface area contributed by atoms with Crippen LogP contribution in [0.25, 0.3) is 0 Å². The Labute approximate surface area is 113 Å². The first-order valence-corrected chi connectivity index (χ1v) is 8.13. The highest BCUT2D eigenvalue weighted by molar-refractivity contribution is 7.09. The Balaban J connectivity index is 1.28. The van der Waals surface area contributed by atoms with Gasteiger partial charge in [0, 0.05) is 36.6 Å². The van der Waals surface area contributed by atoms with Gasteiger partial charge in [-0.15, -0.1) is 11.3 Å². The van der Waals surface area contributed by atoms with Crippen LogP contribution >= 0.6 is 11.3 Å². The second-order valence-electron chi connectivity index (χ2n) is 5.69. The van der Waals surface area contributed by atoms with Gasteiger partial charge in [-0.3, -0.25) is 0 Å². The summed E-state index contributed by atoms with van der Waals surface area (Å²) in [6.07, 6.45) is 9.97. The van der Waals surface area contributed by atoms with Crippen molar-refractivity contribution >= 4 is 11.3 Å². The van der Waals surface area contributed by atoms with Crippen LogP contribution in [-0.2, 0) is 6.42 Å². The van der Waals surface area contributed by atoms with Crippen molar-refractivity contribution in [3.8, 4) is 0 Å². The van der Waals surface area contributed by atoms with E-state index in [-0.39, 0.29) is 0 Å². The Morgan fingerprint density at radius 1 is 1.28 bits per heavy atom. The minimum absolute atomic E-state index is 0.837. The van der Waals surface area contributed by atoms with Gasteiger partial charge in [-0.25, -0.2) is 4.98 Å². The van der Waals surface area contributed by atoms with Gasteiger partial charge in [0.25, 0.3) is 0 Å². The van der Waals surface area contributed by atoms with Gasteiger partial charge in [0.2, 0.25) is 0 Å². The summed E-state index contributed by atoms with van der Waals surface area (Å²) in [5.74, 6) is 0.955. The molecule has 1 aromatic heterocycles. The number of nitrogens with one attached hydrogen (secondary N) is 2. The van der Waals surface area contributed by atoms with E-state index in [1.807, 2.05) is 6.20 Å². The summed E-state index contributed by atoms with van der Waals surface area (Å²) in [5, 5.41) is 10.6. The van der Waals surface area contributed by atoms with Crippen LogP contribution < -0.4 is 10.6 Å². The first-order chi connectivity index (χ1) is 8.90. The van der Waals surface area contributed by atoms with Crippen LogP contribution in [0.2, 0.25) is 0 Å². The molecule has 0 saturated carbocycles. The van der Waals surface area contributed by atoms with Crippen LogP contribution in [0.5, 0.6) is 0 Å². The topological polar surface area (TPSA) is 37.0 Å². The van der Waals surface area contributed by atoms with Crippen LogP contribution in [0.4, 0.5) is 0 Å². The molecular formula is C14H23N3S. The number of nitrogens with zero attached hydrogens (tertiary/aromatic N) is 1. The molecule has 0 radical (unpaired) electrons. The van der Waals surface area contributed by atoms with E-state index in [0.717, 1.165) is 31.0 Å². The molecule has 0 aromatic carbocycles. The highest BCUT2D eigenvalue weighted by Crippen LogP contribution is 2.32. The van der Waals surface area contributed by atoms with E-state index >= 15 is 0 Å². The van der Waals surface area contributed by atoms with E-state index in [1.165, 1.54) is 43.7 Å². The lowest BCUT2D eigenvalue weighted by Crippen LogP contribution is -2.38. The highest BCUT2D eigenvalue weighted by atomic mass is 32.1. The molecule has 3 rings (SSSR count). The van der Waals surface area contributed by atoms with Crippen LogP contribution in [0.15, 0.2) is 11.6 Å². The maximum absolute atomic E-state index is 4.30. The molecule has 0 aliphatic carbocycles. The van der Waals surface area contributed by atoms with Crippen molar-refractivity contribution < 1.29 is 0 Å². The molecule has 4 heteroatoms. The van der Waals surface area contributed by atoms with Gasteiger partial charge in [0.05, 0.1) is 5.01 Å². The molecule has 2 bridgehead atoms. The largest absolute Gasteiger partial charge is 0.316 e. The second-order valence-corrected chi connectivity index (χ2v) is 6.67. The van der Waals surface area contributed by atoms with E-state index in [2.05, 4.69) is 21.0 Å². The summed E-state index contributed by atoms with van der Waals surface area (Å²) >= 11 is 1.76. The number of hydrogen-bond donors (Lipinski definition) is 2. The van der Waals surface area contributed by atoms with Crippen LogP contribution in [0.3, 0.4) is 0 Å². The van der Waals surface area contributed by atoms with E-state index in [0.29, 0.717) is 0 Å². The van der Waals surface area contributed by atoms with Gasteiger partial charge in [-0.2, -0.15) is 0 Å². The monoisotopic (exact) mass is 265 g/mol. The van der Waals surface area contributed by atoms with Gasteiger partial charge >= 0.3 is 0 Å². The molecule has 2 saturated heterocycles. The third-order valence-corrected chi connectivity index (χ3v) is 5.14. The minimum atomic E-state index is 0.837. The molecule has 100 valence electrons. The average molecular weight is 265 g/mol. The van der Waals surface area contributed by atoms with Crippen molar-refractivity contribution in [1.29, 1.82) is 0 Å². The predicted octanol–water partition coefficient (Wildman–Crippen LogP) is 2.20. The number of hydrogen-bond acceptors (Lipinski definition) is 4. The van der Waals surface area contributed by atoms with E-state index in [4.69, 9.17) is 0 Å². The number of thiazole rings is 1. The molecule has 0 amide bonds. The molecular weight excluding hydrogens is 242 g/mol. The Hall–Kier alpha value is -0.450. The fraction of sp³-hybridized carbons (Fsp3) is 0.786. The van der Waals surface area contributed by atoms with E-state index in [1.54, 1.807) is 11.3 Å². The van der Waals surface area contributed by atoms with Crippen LogP contribution in [0, 0.1) is 5.92 Å². The second kappa shape index (κ2) is 6.13. The average Bonchev–Trinajstić information content (AvgIpc) is 2.99. The predicted molar refractivity (Wildman–Crippen MR) is 76.0 cm³/mol. The van der Waals surface area contributed by atoms with Gasteiger partial charge in [-0.1, -0.05) is 0 Å². The molecule has 2 N–H and O–H groups in total. The molecule has 2 aliphatic rings. The zero-order chi connectivity index (χ0) is 12.2. The Bertz CT molecular complexity index is 340. The standard InChI is InChI=1S/C14H23N3S/c1-2-13-10-11(9-12(1)17-13)3-5-15-6-4-14-16-7-8-18-14/h7-8,11-13,15,17H,1-6,9-10H2. The van der Waals surface area contributed by atoms with Crippen molar-refractivity contribution in [1.82, 2.24) is 15.6 Å². The van der Waals surface area contributed by atoms with Gasteiger partial charge in [-0.05, 0) is 44.6 Å². The van der Waals surface area contributed by atoms with E-state index < -0.39 is 0 Å². The lowest BCUT2D eigenvalue weighted by molar-refractivity contribution is 0.283. The fourth-order valence-electron chi connectivity index (χ4n) is 3.41. The number of aromatic nitrogens is 1. The summed E-state index contributed by atoms with van der Waals surface area (Å²) in [5.41, 5.74) is 0. The molecule has 2 fully saturated rings. The normalized spacial score (nSPS) is 30.8. The molecule has 2 aliphatic heterocycles. The Morgan fingerprint density at radius 3 is 2.83 bits per heavy atom. The van der Waals surface area contributed by atoms with Crippen LogP contribution in [0.1, 0.15) is 37.1 Å². The van der Waals surface area contributed by atoms with E-state index in [9.17, 15) is 0 Å². The Morgan fingerprint density at radius 2 is 2.11 bits per heavy atom. The van der Waals surface area contributed by atoms with Crippen LogP contribution in [-0.4, -0.2) is 30.2 Å². The van der Waals surface area contributed by atoms with Crippen molar-refractivity contribution in [3.05, 3.63) is 16.6 Å². The quantitative estimate of drug-likeness (QED) is 0.774. The molecule has 18 heavy (non-hydrogen) atoms. The lowest BCUT2D eigenvalue weighted by Gasteiger charge is -2.29. The molecule has 1 aromatic rings. The molecule has 0 spiro atoms. The van der Waals surface area contributed by atoms with Gasteiger partial charge in [0.15, 0.2) is 0 Å². The summed E-state index contributed by atoms with van der Waals surface area (Å²) < 4.78 is 0. The summed E-state index contributed by atoms with van der Waals surface area (Å²) in [7, 11) is 0. The van der Waals surface area contributed by atoms with Gasteiger partial charge < -0.3 is 10.6 Å². The minimum Gasteiger partial charge on any atom is -0.316 e. The molecule has 3 heterocycles. The number of fused-ring (bicyclic) bond motifs is 2. The Kier molecular flexibility index (Phi) is 4.28. The summed E-state index contributed by atoms with van der Waals surface area (Å²) in [6, 6.07) is 1.67. The molecule has 3 nitrogen and oxygen atoms in total. The first kappa shape index (κ1) is 12.6. The maximum atomic E-state index is 4.30. The first-order valence-electron chi connectivity index (χ1n) is 7.25. The van der Waals surface area contributed by atoms with Crippen molar-refractivity contribution in [2.75, 3.05) is 13.1 Å². The number of rotatable bonds is 6. The highest BCUT2D eigenvalue weighted by Gasteiger charge is 2.32. The smallest absolute Gasteiger partial charge is 0.0937 e. The fourth-order valence-corrected chi connectivity index (χ4v) is 4.03. The third kappa shape index (κ3) is 3.31. The lowest BCUT2D eigenvalue weighted by atomic mass is 9.90. The SMILES string of the molecule is c1csc(CCNCCC2CC3CCC(C2)N3)n1. The van der Waals surface area contributed by atoms with Crippen molar-refractivity contribution in [2.24, 2.45) is 5.92 Å². The molecule has 2 unspecified atom stereocenters. The van der Waals surface area contributed by atoms with Gasteiger partial charge in [0.1, 0.15) is 0 Å². The third-order valence-electron chi connectivity index (χ3n) is 4.30. The van der Waals surface area contributed by atoms with Crippen molar-refractivity contribution in [2.45, 2.75) is 50.6 Å². The summed E-state index contributed by atoms with van der Waals surface area (Å²) in [4.78, 5) is 4.30. The van der Waals surface area contributed by atoms with Crippen molar-refractivity contribution in [3.63, 3.8) is 0 Å². The zero-order valence-electron chi connectivity index (χ0n) is 10.9. The number of piperidine rings is 1. The molecule has 2 atom stereocenters. The summed E-state index contributed by atoms with van der Waals surface area (Å²) in [6.45, 7) is 2.25. The zero-order valence-corrected chi connectivity index (χ0v) is 11.7.